The summed E-state index contributed by atoms with van der Waals surface area (Å²) in [4.78, 5) is 13.7. The van der Waals surface area contributed by atoms with Gasteiger partial charge in [0.2, 0.25) is 0 Å². The van der Waals surface area contributed by atoms with Gasteiger partial charge in [0.15, 0.2) is 5.82 Å². The van der Waals surface area contributed by atoms with Crippen molar-refractivity contribution >= 4 is 11.8 Å². The van der Waals surface area contributed by atoms with Crippen LogP contribution in [-0.4, -0.2) is 32.9 Å². The molecule has 7 nitrogen and oxygen atoms in total. The maximum atomic E-state index is 12.2. The molecule has 2 aromatic heterocycles. The van der Waals surface area contributed by atoms with E-state index in [0.717, 1.165) is 11.3 Å². The number of hydrogen-bond acceptors (Lipinski definition) is 4. The molecule has 0 aliphatic rings. The fraction of sp³-hybridized carbons (Fsp3) is 0.235. The predicted molar refractivity (Wildman–Crippen MR) is 89.5 cm³/mol. The van der Waals surface area contributed by atoms with Gasteiger partial charge < -0.3 is 9.42 Å². The number of hydrogen-bond donors (Lipinski definition) is 1. The van der Waals surface area contributed by atoms with E-state index in [1.165, 1.54) is 4.90 Å². The normalized spacial score (nSPS) is 10.6. The van der Waals surface area contributed by atoms with E-state index >= 15 is 0 Å². The Balaban J connectivity index is 1.56. The monoisotopic (exact) mass is 325 g/mol. The van der Waals surface area contributed by atoms with Gasteiger partial charge in [-0.3, -0.25) is 10.00 Å². The molecule has 124 valence electrons. The van der Waals surface area contributed by atoms with Crippen LogP contribution in [0.2, 0.25) is 0 Å². The standard InChI is InChI=1S/C17H19N5O2/c1-13-10-15(20-24-13)12-21(2)17(23)18-16-8-9-22(19-16)11-14-6-4-3-5-7-14/h3-10H,11-12H2,1-2H3,(H,18,19,23). The Morgan fingerprint density at radius 2 is 2.08 bits per heavy atom. The van der Waals surface area contributed by atoms with Crippen LogP contribution < -0.4 is 5.32 Å². The molecule has 3 aromatic rings. The van der Waals surface area contributed by atoms with Gasteiger partial charge in [0.1, 0.15) is 11.5 Å². The molecule has 0 radical (unpaired) electrons. The van der Waals surface area contributed by atoms with Crippen molar-refractivity contribution in [3.8, 4) is 0 Å². The summed E-state index contributed by atoms with van der Waals surface area (Å²) in [6.45, 7) is 2.84. The summed E-state index contributed by atoms with van der Waals surface area (Å²) in [7, 11) is 1.69. The smallest absolute Gasteiger partial charge is 0.323 e. The van der Waals surface area contributed by atoms with Crippen LogP contribution in [0.4, 0.5) is 10.6 Å². The second-order valence-electron chi connectivity index (χ2n) is 5.60. The summed E-state index contributed by atoms with van der Waals surface area (Å²) in [5.74, 6) is 1.23. The fourth-order valence-corrected chi connectivity index (χ4v) is 2.30. The third-order valence-electron chi connectivity index (χ3n) is 3.49. The van der Waals surface area contributed by atoms with Crippen molar-refractivity contribution in [3.05, 3.63) is 65.7 Å². The number of aryl methyl sites for hydroxylation is 1. The summed E-state index contributed by atoms with van der Waals surface area (Å²) in [5, 5.41) is 11.0. The van der Waals surface area contributed by atoms with Crippen molar-refractivity contribution in [2.24, 2.45) is 0 Å². The summed E-state index contributed by atoms with van der Waals surface area (Å²) >= 11 is 0. The number of nitrogens with zero attached hydrogens (tertiary/aromatic N) is 4. The molecular weight excluding hydrogens is 306 g/mol. The molecule has 0 saturated heterocycles. The highest BCUT2D eigenvalue weighted by molar-refractivity contribution is 5.87. The maximum absolute atomic E-state index is 12.2. The fourth-order valence-electron chi connectivity index (χ4n) is 2.30. The van der Waals surface area contributed by atoms with Gasteiger partial charge in [0.05, 0.1) is 13.1 Å². The maximum Gasteiger partial charge on any atom is 0.323 e. The summed E-state index contributed by atoms with van der Waals surface area (Å²) in [5.41, 5.74) is 1.86. The molecule has 0 fully saturated rings. The highest BCUT2D eigenvalue weighted by Crippen LogP contribution is 2.09. The molecule has 2 heterocycles. The number of nitrogens with one attached hydrogen (secondary N) is 1. The number of benzene rings is 1. The number of urea groups is 1. The van der Waals surface area contributed by atoms with Gasteiger partial charge >= 0.3 is 6.03 Å². The average Bonchev–Trinajstić information content (AvgIpc) is 3.17. The number of rotatable bonds is 5. The van der Waals surface area contributed by atoms with E-state index in [4.69, 9.17) is 4.52 Å². The molecule has 3 rings (SSSR count). The van der Waals surface area contributed by atoms with Crippen molar-refractivity contribution in [1.29, 1.82) is 0 Å². The second-order valence-corrected chi connectivity index (χ2v) is 5.60. The number of aromatic nitrogens is 3. The minimum atomic E-state index is -0.249. The van der Waals surface area contributed by atoms with E-state index in [9.17, 15) is 4.79 Å². The Morgan fingerprint density at radius 3 is 2.79 bits per heavy atom. The predicted octanol–water partition coefficient (Wildman–Crippen LogP) is 2.89. The highest BCUT2D eigenvalue weighted by Gasteiger charge is 2.13. The minimum Gasteiger partial charge on any atom is -0.361 e. The molecule has 0 spiro atoms. The molecule has 0 aliphatic heterocycles. The van der Waals surface area contributed by atoms with Crippen molar-refractivity contribution in [1.82, 2.24) is 19.8 Å². The van der Waals surface area contributed by atoms with Crippen LogP contribution in [0.5, 0.6) is 0 Å². The zero-order chi connectivity index (χ0) is 16.9. The Bertz CT molecular complexity index is 809. The van der Waals surface area contributed by atoms with Crippen molar-refractivity contribution in [3.63, 3.8) is 0 Å². The van der Waals surface area contributed by atoms with E-state index in [0.29, 0.717) is 24.6 Å². The van der Waals surface area contributed by atoms with Crippen LogP contribution in [0, 0.1) is 6.92 Å². The minimum absolute atomic E-state index is 0.249. The first-order valence-electron chi connectivity index (χ1n) is 7.62. The summed E-state index contributed by atoms with van der Waals surface area (Å²) in [6.07, 6.45) is 1.84. The van der Waals surface area contributed by atoms with Crippen LogP contribution >= 0.6 is 0 Å². The van der Waals surface area contributed by atoms with E-state index in [1.54, 1.807) is 23.9 Å². The van der Waals surface area contributed by atoms with Gasteiger partial charge in [-0.05, 0) is 12.5 Å². The average molecular weight is 325 g/mol. The third-order valence-corrected chi connectivity index (χ3v) is 3.49. The highest BCUT2D eigenvalue weighted by atomic mass is 16.5. The summed E-state index contributed by atoms with van der Waals surface area (Å²) in [6, 6.07) is 13.4. The first-order valence-corrected chi connectivity index (χ1v) is 7.62. The Morgan fingerprint density at radius 1 is 1.29 bits per heavy atom. The van der Waals surface area contributed by atoms with Crippen molar-refractivity contribution < 1.29 is 9.32 Å². The molecule has 7 heteroatoms. The lowest BCUT2D eigenvalue weighted by molar-refractivity contribution is 0.219. The molecule has 0 atom stereocenters. The number of carbonyl (C=O) groups is 1. The zero-order valence-electron chi connectivity index (χ0n) is 13.6. The lowest BCUT2D eigenvalue weighted by atomic mass is 10.2. The Kier molecular flexibility index (Phi) is 4.60. The summed E-state index contributed by atoms with van der Waals surface area (Å²) < 4.78 is 6.78. The van der Waals surface area contributed by atoms with Crippen LogP contribution in [0.25, 0.3) is 0 Å². The Labute approximate surface area is 139 Å². The largest absolute Gasteiger partial charge is 0.361 e. The van der Waals surface area contributed by atoms with Gasteiger partial charge in [-0.15, -0.1) is 0 Å². The molecule has 0 bridgehead atoms. The van der Waals surface area contributed by atoms with E-state index < -0.39 is 0 Å². The molecular formula is C17H19N5O2. The Hall–Kier alpha value is -3.09. The number of amides is 2. The molecule has 0 aliphatic carbocycles. The van der Waals surface area contributed by atoms with Gasteiger partial charge in [-0.25, -0.2) is 4.79 Å². The lowest BCUT2D eigenvalue weighted by Gasteiger charge is -2.15. The molecule has 2 amide bonds. The quantitative estimate of drug-likeness (QED) is 0.782. The second kappa shape index (κ2) is 6.99. The van der Waals surface area contributed by atoms with Crippen LogP contribution in [0.1, 0.15) is 17.0 Å². The zero-order valence-corrected chi connectivity index (χ0v) is 13.6. The molecule has 0 unspecified atom stereocenters. The van der Waals surface area contributed by atoms with Gasteiger partial charge in [-0.1, -0.05) is 35.5 Å². The van der Waals surface area contributed by atoms with Gasteiger partial charge in [0.25, 0.3) is 0 Å². The van der Waals surface area contributed by atoms with Crippen LogP contribution in [0.15, 0.2) is 53.2 Å². The van der Waals surface area contributed by atoms with Crippen LogP contribution in [0.3, 0.4) is 0 Å². The van der Waals surface area contributed by atoms with Gasteiger partial charge in [-0.2, -0.15) is 5.10 Å². The first kappa shape index (κ1) is 15.8. The van der Waals surface area contributed by atoms with E-state index in [-0.39, 0.29) is 6.03 Å². The third kappa shape index (κ3) is 4.01. The topological polar surface area (TPSA) is 76.2 Å². The van der Waals surface area contributed by atoms with E-state index in [2.05, 4.69) is 15.6 Å². The van der Waals surface area contributed by atoms with Gasteiger partial charge in [0, 0.05) is 25.4 Å². The molecule has 0 saturated carbocycles. The van der Waals surface area contributed by atoms with Crippen LogP contribution in [-0.2, 0) is 13.1 Å². The number of anilines is 1. The first-order chi connectivity index (χ1) is 11.6. The van der Waals surface area contributed by atoms with E-state index in [1.807, 2.05) is 43.5 Å². The molecule has 1 aromatic carbocycles. The number of carbonyl (C=O) groups excluding carboxylic acids is 1. The molecule has 24 heavy (non-hydrogen) atoms. The van der Waals surface area contributed by atoms with Crippen molar-refractivity contribution in [2.45, 2.75) is 20.0 Å². The lowest BCUT2D eigenvalue weighted by Crippen LogP contribution is -2.31. The SMILES string of the molecule is Cc1cc(CN(C)C(=O)Nc2ccn(Cc3ccccc3)n2)no1. The van der Waals surface area contributed by atoms with Crippen molar-refractivity contribution in [2.75, 3.05) is 12.4 Å². The molecule has 1 N–H and O–H groups in total.